The lowest BCUT2D eigenvalue weighted by atomic mass is 10.1. The first kappa shape index (κ1) is 16.7. The van der Waals surface area contributed by atoms with E-state index in [2.05, 4.69) is 5.32 Å². The highest BCUT2D eigenvalue weighted by Gasteiger charge is 2.14. The fourth-order valence-corrected chi connectivity index (χ4v) is 2.53. The average Bonchev–Trinajstić information content (AvgIpc) is 2.47. The van der Waals surface area contributed by atoms with Crippen molar-refractivity contribution in [2.45, 2.75) is 13.2 Å². The lowest BCUT2D eigenvalue weighted by Crippen LogP contribution is -2.23. The molecule has 3 nitrogen and oxygen atoms in total. The molecule has 0 fully saturated rings. The fourth-order valence-electron chi connectivity index (χ4n) is 1.96. The maximum absolute atomic E-state index is 13.8. The van der Waals surface area contributed by atoms with Crippen LogP contribution >= 0.6 is 23.2 Å². The number of rotatable bonds is 5. The lowest BCUT2D eigenvalue weighted by molar-refractivity contribution is 0.0951. The van der Waals surface area contributed by atoms with Crippen molar-refractivity contribution in [1.82, 2.24) is 5.32 Å². The minimum Gasteiger partial charge on any atom is -0.380 e. The van der Waals surface area contributed by atoms with Crippen molar-refractivity contribution in [2.24, 2.45) is 0 Å². The van der Waals surface area contributed by atoms with Gasteiger partial charge in [0.2, 0.25) is 0 Å². The molecule has 0 aliphatic carbocycles. The molecule has 0 aromatic heterocycles. The predicted octanol–water partition coefficient (Wildman–Crippen LogP) is 4.21. The fraction of sp³-hybridized carbons (Fsp3) is 0.188. The molecule has 0 unspecified atom stereocenters. The first-order valence-electron chi connectivity index (χ1n) is 6.51. The maximum atomic E-state index is 13.8. The van der Waals surface area contributed by atoms with E-state index in [0.29, 0.717) is 11.1 Å². The van der Waals surface area contributed by atoms with Crippen LogP contribution < -0.4 is 5.32 Å². The Morgan fingerprint density at radius 1 is 1.23 bits per heavy atom. The van der Waals surface area contributed by atoms with E-state index >= 15 is 0 Å². The second-order valence-corrected chi connectivity index (χ2v) is 5.45. The molecule has 116 valence electrons. The molecule has 2 aromatic carbocycles. The van der Waals surface area contributed by atoms with E-state index in [1.165, 1.54) is 13.2 Å². The smallest absolute Gasteiger partial charge is 0.254 e. The Labute approximate surface area is 138 Å². The summed E-state index contributed by atoms with van der Waals surface area (Å²) < 4.78 is 18.7. The zero-order valence-electron chi connectivity index (χ0n) is 11.8. The Hall–Kier alpha value is -1.62. The summed E-state index contributed by atoms with van der Waals surface area (Å²) in [5, 5.41) is 3.21. The van der Waals surface area contributed by atoms with Crippen LogP contribution in [-0.4, -0.2) is 13.0 Å². The molecule has 0 bridgehead atoms. The van der Waals surface area contributed by atoms with Crippen LogP contribution in [0.1, 0.15) is 21.5 Å². The number of nitrogens with one attached hydrogen (secondary N) is 1. The quantitative estimate of drug-likeness (QED) is 0.884. The lowest BCUT2D eigenvalue weighted by Gasteiger charge is -2.09. The predicted molar refractivity (Wildman–Crippen MR) is 84.7 cm³/mol. The third-order valence-corrected chi connectivity index (χ3v) is 3.69. The number of hydrogen-bond donors (Lipinski definition) is 1. The number of amides is 1. The zero-order chi connectivity index (χ0) is 16.1. The number of carbonyl (C=O) groups is 1. The molecule has 0 aliphatic heterocycles. The van der Waals surface area contributed by atoms with Crippen LogP contribution in [0.25, 0.3) is 0 Å². The number of methoxy groups -OCH3 is 1. The summed E-state index contributed by atoms with van der Waals surface area (Å²) in [5.74, 6) is -0.777. The summed E-state index contributed by atoms with van der Waals surface area (Å²) in [6.07, 6.45) is 0. The summed E-state index contributed by atoms with van der Waals surface area (Å²) in [6.45, 7) is 0.373. The van der Waals surface area contributed by atoms with Crippen LogP contribution in [0.2, 0.25) is 10.0 Å². The summed E-state index contributed by atoms with van der Waals surface area (Å²) >= 11 is 11.9. The molecule has 0 saturated heterocycles. The summed E-state index contributed by atoms with van der Waals surface area (Å²) in [5.41, 5.74) is 1.31. The normalized spacial score (nSPS) is 10.5. The first-order valence-corrected chi connectivity index (χ1v) is 7.27. The molecule has 22 heavy (non-hydrogen) atoms. The van der Waals surface area contributed by atoms with Gasteiger partial charge in [-0.15, -0.1) is 0 Å². The number of carbonyl (C=O) groups excluding carboxylic acids is 1. The van der Waals surface area contributed by atoms with Gasteiger partial charge in [0, 0.05) is 19.2 Å². The first-order chi connectivity index (χ1) is 10.5. The molecule has 0 saturated carbocycles. The van der Waals surface area contributed by atoms with E-state index in [0.717, 1.165) is 0 Å². The number of hydrogen-bond acceptors (Lipinski definition) is 2. The van der Waals surface area contributed by atoms with Crippen LogP contribution in [0.4, 0.5) is 4.39 Å². The van der Waals surface area contributed by atoms with Crippen molar-refractivity contribution in [3.05, 3.63) is 69.0 Å². The van der Waals surface area contributed by atoms with Gasteiger partial charge in [-0.3, -0.25) is 4.79 Å². The highest BCUT2D eigenvalue weighted by Crippen LogP contribution is 2.24. The molecule has 1 amide bonds. The van der Waals surface area contributed by atoms with E-state index in [9.17, 15) is 9.18 Å². The summed E-state index contributed by atoms with van der Waals surface area (Å²) in [7, 11) is 1.50. The van der Waals surface area contributed by atoms with Gasteiger partial charge in [-0.05, 0) is 23.8 Å². The zero-order valence-corrected chi connectivity index (χ0v) is 13.3. The SMILES string of the molecule is COCc1ccc(CNC(=O)c2c(Cl)cccc2Cl)cc1F. The van der Waals surface area contributed by atoms with Crippen LogP contribution in [0, 0.1) is 5.82 Å². The highest BCUT2D eigenvalue weighted by molar-refractivity contribution is 6.39. The minimum absolute atomic E-state index is 0.171. The molecule has 0 atom stereocenters. The molecule has 2 aromatic rings. The van der Waals surface area contributed by atoms with Crippen molar-refractivity contribution in [3.8, 4) is 0 Å². The third-order valence-electron chi connectivity index (χ3n) is 3.06. The molecule has 0 heterocycles. The van der Waals surface area contributed by atoms with Crippen LogP contribution in [0.5, 0.6) is 0 Å². The number of benzene rings is 2. The molecule has 1 N–H and O–H groups in total. The van der Waals surface area contributed by atoms with E-state index in [1.807, 2.05) is 0 Å². The van der Waals surface area contributed by atoms with E-state index in [-0.39, 0.29) is 34.6 Å². The molecule has 6 heteroatoms. The van der Waals surface area contributed by atoms with Gasteiger partial charge in [0.1, 0.15) is 5.82 Å². The third kappa shape index (κ3) is 3.97. The van der Waals surface area contributed by atoms with Gasteiger partial charge in [0.05, 0.1) is 22.2 Å². The van der Waals surface area contributed by atoms with Gasteiger partial charge in [0.15, 0.2) is 0 Å². The standard InChI is InChI=1S/C16H14Cl2FNO2/c1-22-9-11-6-5-10(7-14(11)19)8-20-16(21)15-12(17)3-2-4-13(15)18/h2-7H,8-9H2,1H3,(H,20,21). The Morgan fingerprint density at radius 3 is 2.50 bits per heavy atom. The number of ether oxygens (including phenoxy) is 1. The average molecular weight is 342 g/mol. The monoisotopic (exact) mass is 341 g/mol. The van der Waals surface area contributed by atoms with E-state index in [4.69, 9.17) is 27.9 Å². The maximum Gasteiger partial charge on any atom is 0.254 e. The Balaban J connectivity index is 2.07. The molecule has 0 radical (unpaired) electrons. The van der Waals surface area contributed by atoms with Crippen molar-refractivity contribution in [3.63, 3.8) is 0 Å². The molecular weight excluding hydrogens is 328 g/mol. The van der Waals surface area contributed by atoms with Gasteiger partial charge in [0.25, 0.3) is 5.91 Å². The highest BCUT2D eigenvalue weighted by atomic mass is 35.5. The van der Waals surface area contributed by atoms with Crippen LogP contribution in [0.15, 0.2) is 36.4 Å². The second kappa shape index (κ2) is 7.58. The van der Waals surface area contributed by atoms with E-state index < -0.39 is 5.91 Å². The topological polar surface area (TPSA) is 38.3 Å². The van der Waals surface area contributed by atoms with Crippen molar-refractivity contribution in [2.75, 3.05) is 7.11 Å². The number of halogens is 3. The van der Waals surface area contributed by atoms with Crippen molar-refractivity contribution >= 4 is 29.1 Å². The molecule has 2 rings (SSSR count). The van der Waals surface area contributed by atoms with Crippen molar-refractivity contribution < 1.29 is 13.9 Å². The Bertz CT molecular complexity index is 672. The largest absolute Gasteiger partial charge is 0.380 e. The molecule has 0 aliphatic rings. The molecular formula is C16H14Cl2FNO2. The second-order valence-electron chi connectivity index (χ2n) is 4.64. The van der Waals surface area contributed by atoms with Gasteiger partial charge >= 0.3 is 0 Å². The summed E-state index contributed by atoms with van der Waals surface area (Å²) in [6, 6.07) is 9.55. The summed E-state index contributed by atoms with van der Waals surface area (Å²) in [4.78, 5) is 12.1. The van der Waals surface area contributed by atoms with Gasteiger partial charge in [-0.1, -0.05) is 41.4 Å². The minimum atomic E-state index is -0.406. The van der Waals surface area contributed by atoms with Gasteiger partial charge < -0.3 is 10.1 Å². The van der Waals surface area contributed by atoms with Gasteiger partial charge in [-0.25, -0.2) is 4.39 Å². The Kier molecular flexibility index (Phi) is 5.77. The van der Waals surface area contributed by atoms with Crippen LogP contribution in [-0.2, 0) is 17.9 Å². The van der Waals surface area contributed by atoms with Crippen molar-refractivity contribution in [1.29, 1.82) is 0 Å². The molecule has 0 spiro atoms. The van der Waals surface area contributed by atoms with Gasteiger partial charge in [-0.2, -0.15) is 0 Å². The van der Waals surface area contributed by atoms with Crippen LogP contribution in [0.3, 0.4) is 0 Å². The van der Waals surface area contributed by atoms with E-state index in [1.54, 1.807) is 30.3 Å². The Morgan fingerprint density at radius 2 is 1.91 bits per heavy atom.